The Labute approximate surface area is 442 Å². The average molecular weight is 967 g/mol. The first-order valence-corrected chi connectivity index (χ1v) is 21.7. The van der Waals surface area contributed by atoms with Crippen molar-refractivity contribution in [3.63, 3.8) is 0 Å². The molecular weight excluding hydrogens is 937 g/mol. The van der Waals surface area contributed by atoms with Crippen molar-refractivity contribution in [1.82, 2.24) is 0 Å². The second-order valence-corrected chi connectivity index (χ2v) is 17.6. The third-order valence-corrected chi connectivity index (χ3v) is 12.0. The third kappa shape index (κ3) is 12.9. The van der Waals surface area contributed by atoms with Crippen LogP contribution in [0.15, 0.2) is 129 Å². The molecule has 0 radical (unpaired) electrons. The minimum absolute atomic E-state index is 0. The van der Waals surface area contributed by atoms with Gasteiger partial charge in [-0.3, -0.25) is 27.8 Å². The van der Waals surface area contributed by atoms with E-state index in [1.165, 1.54) is 48.5 Å². The quantitative estimate of drug-likeness (QED) is 0.0723. The van der Waals surface area contributed by atoms with Crippen molar-refractivity contribution in [1.29, 1.82) is 0 Å². The van der Waals surface area contributed by atoms with E-state index in [1.807, 2.05) is 0 Å². The SMILES string of the molecule is O=C(Nc1cccc(C(=O)Nc2ccc3c(S(=O)(=O)O)cccc3c2S(=O)(=O)O)c1)Nc1cccc(C(=O)Nc2ccc3c(S(=O)(=O)O)cccc3c2S(=O)(=O)O)c1.[NaH].[NaH].[NaH].[NaH]. The van der Waals surface area contributed by atoms with Gasteiger partial charge in [0.1, 0.15) is 19.6 Å². The molecule has 0 bridgehead atoms. The van der Waals surface area contributed by atoms with Gasteiger partial charge in [0.25, 0.3) is 52.3 Å². The van der Waals surface area contributed by atoms with Crippen LogP contribution >= 0.6 is 0 Å². The summed E-state index contributed by atoms with van der Waals surface area (Å²) in [5.41, 5.74) is -0.997. The zero-order chi connectivity index (χ0) is 42.4. The molecule has 0 aliphatic heterocycles. The molecule has 6 rings (SSSR count). The first-order valence-electron chi connectivity index (χ1n) is 15.9. The van der Waals surface area contributed by atoms with Crippen LogP contribution < -0.4 is 21.3 Å². The number of anilines is 4. The summed E-state index contributed by atoms with van der Waals surface area (Å²) in [5, 5.41) is 8.45. The van der Waals surface area contributed by atoms with Crippen molar-refractivity contribution in [2.45, 2.75) is 19.6 Å². The predicted octanol–water partition coefficient (Wildman–Crippen LogP) is 2.53. The van der Waals surface area contributed by atoms with Gasteiger partial charge in [-0.1, -0.05) is 48.5 Å². The van der Waals surface area contributed by atoms with Gasteiger partial charge in [0.2, 0.25) is 0 Å². The van der Waals surface area contributed by atoms with Crippen LogP contribution in [0.2, 0.25) is 0 Å². The zero-order valence-corrected chi connectivity index (χ0v) is 32.1. The average Bonchev–Trinajstić information content (AvgIpc) is 3.12. The van der Waals surface area contributed by atoms with Gasteiger partial charge in [-0.15, -0.1) is 0 Å². The van der Waals surface area contributed by atoms with E-state index in [1.54, 1.807) is 0 Å². The second kappa shape index (κ2) is 21.8. The van der Waals surface area contributed by atoms with Crippen molar-refractivity contribution >= 4 is 221 Å². The first kappa shape index (κ1) is 55.8. The van der Waals surface area contributed by atoms with E-state index in [9.17, 15) is 66.3 Å². The van der Waals surface area contributed by atoms with E-state index in [4.69, 9.17) is 0 Å². The molecular formula is C35H30N4Na4O15S4. The van der Waals surface area contributed by atoms with Crippen LogP contribution in [-0.2, 0) is 40.5 Å². The number of urea groups is 1. The topological polar surface area (TPSA) is 317 Å². The monoisotopic (exact) mass is 966 g/mol. The van der Waals surface area contributed by atoms with Gasteiger partial charge in [0, 0.05) is 44.0 Å². The Morgan fingerprint density at radius 1 is 0.387 bits per heavy atom. The molecule has 4 amide bonds. The normalized spacial score (nSPS) is 11.4. The molecule has 0 spiro atoms. The molecule has 6 aromatic carbocycles. The molecule has 0 saturated heterocycles. The Kier molecular flexibility index (Phi) is 19.6. The molecule has 6 aromatic rings. The van der Waals surface area contributed by atoms with Crippen LogP contribution in [0.25, 0.3) is 21.5 Å². The summed E-state index contributed by atoms with van der Waals surface area (Å²) in [7, 11) is -19.8. The molecule has 0 saturated carbocycles. The van der Waals surface area contributed by atoms with Crippen molar-refractivity contribution in [2.24, 2.45) is 0 Å². The fourth-order valence-electron chi connectivity index (χ4n) is 5.96. The van der Waals surface area contributed by atoms with E-state index in [2.05, 4.69) is 21.3 Å². The first-order chi connectivity index (χ1) is 27.0. The molecule has 0 fully saturated rings. The van der Waals surface area contributed by atoms with Crippen LogP contribution in [0.1, 0.15) is 20.7 Å². The van der Waals surface area contributed by atoms with Gasteiger partial charge in [0.05, 0.1) is 11.4 Å². The number of nitrogens with one attached hydrogen (secondary N) is 4. The summed E-state index contributed by atoms with van der Waals surface area (Å²) in [6, 6.07) is 20.5. The van der Waals surface area contributed by atoms with Crippen LogP contribution in [0.4, 0.5) is 27.5 Å². The molecule has 27 heteroatoms. The molecule has 0 unspecified atom stereocenters. The number of hydrogen-bond acceptors (Lipinski definition) is 11. The summed E-state index contributed by atoms with van der Waals surface area (Å²) in [6.45, 7) is 0. The van der Waals surface area contributed by atoms with Crippen LogP contribution in [-0.4, -0.2) is 188 Å². The van der Waals surface area contributed by atoms with Gasteiger partial charge in [-0.05, 0) is 60.7 Å². The van der Waals surface area contributed by atoms with E-state index >= 15 is 0 Å². The standard InChI is InChI=1S/C35H26N4O15S4.4Na.4H/c40-33(38-27-15-13-23-25(31(27)57(49,50)51)9-3-11-29(23)55(43,44)45)19-5-1-7-21(17-19)36-35(42)37-22-8-2-6-20(18-22)34(41)39-28-16-14-24-26(32(28)58(52,53)54)10-4-12-30(24)56(46,47)48;;;;;;;;/h1-18H,(H,38,40)(H,39,41)(H2,36,37,42)(H,43,44,45)(H,46,47,48)(H,49,50,51)(H,52,53,54);;;;;;;;. The molecule has 0 aliphatic rings. The molecule has 308 valence electrons. The second-order valence-electron chi connectivity index (χ2n) is 12.1. The summed E-state index contributed by atoms with van der Waals surface area (Å²) in [4.78, 5) is 36.4. The fraction of sp³-hybridized carbons (Fsp3) is 0. The molecule has 62 heavy (non-hydrogen) atoms. The van der Waals surface area contributed by atoms with Crippen molar-refractivity contribution in [3.05, 3.63) is 120 Å². The maximum atomic E-state index is 13.2. The Morgan fingerprint density at radius 2 is 0.726 bits per heavy atom. The van der Waals surface area contributed by atoms with Crippen molar-refractivity contribution in [3.8, 4) is 0 Å². The number of hydrogen-bond donors (Lipinski definition) is 8. The van der Waals surface area contributed by atoms with E-state index < -0.39 is 89.3 Å². The van der Waals surface area contributed by atoms with E-state index in [0.717, 1.165) is 60.7 Å². The summed E-state index contributed by atoms with van der Waals surface area (Å²) < 4.78 is 136. The number of carbonyl (C=O) groups is 3. The number of amides is 4. The van der Waals surface area contributed by atoms with Gasteiger partial charge in [0.15, 0.2) is 0 Å². The van der Waals surface area contributed by atoms with Crippen LogP contribution in [0.3, 0.4) is 0 Å². The number of rotatable bonds is 10. The molecule has 0 atom stereocenters. The van der Waals surface area contributed by atoms with Crippen LogP contribution in [0.5, 0.6) is 0 Å². The van der Waals surface area contributed by atoms with Crippen LogP contribution in [0, 0.1) is 0 Å². The van der Waals surface area contributed by atoms with E-state index in [0.29, 0.717) is 0 Å². The Balaban J connectivity index is 0.00000331. The summed E-state index contributed by atoms with van der Waals surface area (Å²) in [6.07, 6.45) is 0. The van der Waals surface area contributed by atoms with Gasteiger partial charge >= 0.3 is 124 Å². The zero-order valence-electron chi connectivity index (χ0n) is 28.8. The molecule has 19 nitrogen and oxygen atoms in total. The third-order valence-electron chi connectivity index (χ3n) is 8.28. The van der Waals surface area contributed by atoms with Crippen molar-refractivity contribution < 1.29 is 66.3 Å². The number of benzene rings is 6. The Hall–Kier alpha value is -2.31. The fourth-order valence-corrected chi connectivity index (χ4v) is 9.08. The summed E-state index contributed by atoms with van der Waals surface area (Å²) >= 11 is 0. The van der Waals surface area contributed by atoms with Crippen molar-refractivity contribution in [2.75, 3.05) is 21.3 Å². The van der Waals surface area contributed by atoms with Gasteiger partial charge in [-0.25, -0.2) is 4.79 Å². The maximum absolute atomic E-state index is 13.2. The molecule has 0 heterocycles. The van der Waals surface area contributed by atoms with Gasteiger partial charge < -0.3 is 21.3 Å². The van der Waals surface area contributed by atoms with E-state index in [-0.39, 0.29) is 162 Å². The Bertz CT molecular complexity index is 3000. The molecule has 0 aliphatic carbocycles. The Morgan fingerprint density at radius 3 is 1.05 bits per heavy atom. The molecule has 0 aromatic heterocycles. The number of fused-ring (bicyclic) bond motifs is 2. The minimum atomic E-state index is -5.09. The molecule has 8 N–H and O–H groups in total. The van der Waals surface area contributed by atoms with Gasteiger partial charge in [-0.2, -0.15) is 33.7 Å². The number of carbonyl (C=O) groups excluding carboxylic acids is 3. The predicted molar refractivity (Wildman–Crippen MR) is 237 cm³/mol. The summed E-state index contributed by atoms with van der Waals surface area (Å²) in [5.74, 6) is -1.83.